The van der Waals surface area contributed by atoms with Crippen LogP contribution in [0.2, 0.25) is 0 Å². The topological polar surface area (TPSA) is 62.6 Å². The molecule has 0 radical (unpaired) electrons. The molecule has 1 amide bonds. The molecule has 1 aromatic rings. The number of anilines is 1. The minimum atomic E-state index is -4.35. The van der Waals surface area contributed by atoms with Crippen molar-refractivity contribution in [3.63, 3.8) is 0 Å². The summed E-state index contributed by atoms with van der Waals surface area (Å²) in [6.07, 6.45) is -2.79. The minimum absolute atomic E-state index is 0.00815. The number of alkyl halides is 3. The van der Waals surface area contributed by atoms with Crippen molar-refractivity contribution in [1.29, 1.82) is 0 Å². The van der Waals surface area contributed by atoms with Gasteiger partial charge in [-0.3, -0.25) is 9.69 Å². The van der Waals surface area contributed by atoms with Crippen molar-refractivity contribution >= 4 is 11.7 Å². The second kappa shape index (κ2) is 8.14. The summed E-state index contributed by atoms with van der Waals surface area (Å²) in [6.45, 7) is 5.97. The Balaban J connectivity index is 1.43. The highest BCUT2D eigenvalue weighted by Crippen LogP contribution is 2.41. The summed E-state index contributed by atoms with van der Waals surface area (Å²) in [5.74, 6) is 0.463. The minimum Gasteiger partial charge on any atom is -0.379 e. The molecule has 3 aliphatic heterocycles. The van der Waals surface area contributed by atoms with Gasteiger partial charge in [0, 0.05) is 38.3 Å². The van der Waals surface area contributed by atoms with Gasteiger partial charge in [-0.25, -0.2) is 4.68 Å². The van der Waals surface area contributed by atoms with Gasteiger partial charge in [-0.15, -0.1) is 0 Å². The van der Waals surface area contributed by atoms with Crippen LogP contribution >= 0.6 is 0 Å². The monoisotopic (exact) mass is 415 g/mol. The van der Waals surface area contributed by atoms with E-state index >= 15 is 0 Å². The lowest BCUT2D eigenvalue weighted by Gasteiger charge is -2.42. The zero-order chi connectivity index (χ0) is 20.6. The number of nitrogens with one attached hydrogen (secondary N) is 1. The average molecular weight is 415 g/mol. The number of halogens is 3. The van der Waals surface area contributed by atoms with E-state index in [-0.39, 0.29) is 24.3 Å². The fourth-order valence-corrected chi connectivity index (χ4v) is 4.65. The first-order chi connectivity index (χ1) is 13.8. The molecule has 2 saturated heterocycles. The van der Waals surface area contributed by atoms with E-state index in [1.807, 2.05) is 4.90 Å². The van der Waals surface area contributed by atoms with Crippen LogP contribution in [0.4, 0.5) is 19.0 Å². The molecule has 1 unspecified atom stereocenters. The zero-order valence-electron chi connectivity index (χ0n) is 16.6. The van der Waals surface area contributed by atoms with Crippen molar-refractivity contribution in [2.24, 2.45) is 5.92 Å². The highest BCUT2D eigenvalue weighted by Gasteiger charge is 2.48. The number of aromatic nitrogens is 2. The van der Waals surface area contributed by atoms with Crippen LogP contribution in [-0.4, -0.2) is 83.6 Å². The zero-order valence-corrected chi connectivity index (χ0v) is 16.6. The number of aryl methyl sites for hydroxylation is 1. The Morgan fingerprint density at radius 3 is 2.79 bits per heavy atom. The van der Waals surface area contributed by atoms with E-state index in [9.17, 15) is 18.0 Å². The number of carbonyl (C=O) groups excluding carboxylic acids is 1. The van der Waals surface area contributed by atoms with Gasteiger partial charge in [-0.05, 0) is 32.1 Å². The van der Waals surface area contributed by atoms with E-state index in [2.05, 4.69) is 15.3 Å². The Morgan fingerprint density at radius 1 is 1.31 bits per heavy atom. The predicted octanol–water partition coefficient (Wildman–Crippen LogP) is 2.05. The van der Waals surface area contributed by atoms with Crippen molar-refractivity contribution in [1.82, 2.24) is 19.6 Å². The Bertz CT molecular complexity index is 732. The summed E-state index contributed by atoms with van der Waals surface area (Å²) < 4.78 is 47.4. The summed E-state index contributed by atoms with van der Waals surface area (Å²) in [5.41, 5.74) is 0.563. The molecule has 1 N–H and O–H groups in total. The van der Waals surface area contributed by atoms with E-state index in [0.717, 1.165) is 30.6 Å². The molecular weight excluding hydrogens is 387 g/mol. The van der Waals surface area contributed by atoms with Crippen LogP contribution < -0.4 is 5.32 Å². The second-order valence-corrected chi connectivity index (χ2v) is 8.29. The third kappa shape index (κ3) is 4.53. The van der Waals surface area contributed by atoms with Gasteiger partial charge in [0.2, 0.25) is 5.91 Å². The first-order valence-electron chi connectivity index (χ1n) is 10.3. The number of ether oxygens (including phenoxy) is 1. The number of nitrogens with zero attached hydrogens (tertiary/aromatic N) is 4. The summed E-state index contributed by atoms with van der Waals surface area (Å²) in [4.78, 5) is 16.7. The van der Waals surface area contributed by atoms with E-state index in [0.29, 0.717) is 44.4 Å². The SMILES string of the molecule is Cc1cc2n(n1)[C@@H](C(F)(F)F)C[C@@H](C1CCCN(C(=O)CN3CCOCC3)C1)N2. The predicted molar refractivity (Wildman–Crippen MR) is 101 cm³/mol. The highest BCUT2D eigenvalue weighted by atomic mass is 19.4. The van der Waals surface area contributed by atoms with Crippen molar-refractivity contribution in [2.45, 2.75) is 44.4 Å². The molecule has 1 aromatic heterocycles. The van der Waals surface area contributed by atoms with Crippen molar-refractivity contribution < 1.29 is 22.7 Å². The number of likely N-dealkylation sites (tertiary alicyclic amines) is 1. The molecule has 0 bridgehead atoms. The van der Waals surface area contributed by atoms with Crippen LogP contribution in [0.15, 0.2) is 6.07 Å². The number of rotatable bonds is 3. The van der Waals surface area contributed by atoms with E-state index in [4.69, 9.17) is 4.74 Å². The molecule has 10 heteroatoms. The molecule has 4 rings (SSSR count). The first-order valence-corrected chi connectivity index (χ1v) is 10.3. The van der Waals surface area contributed by atoms with Crippen LogP contribution in [0.25, 0.3) is 0 Å². The number of morpholine rings is 1. The largest absolute Gasteiger partial charge is 0.410 e. The lowest BCUT2D eigenvalue weighted by atomic mass is 9.85. The Morgan fingerprint density at radius 2 is 2.07 bits per heavy atom. The second-order valence-electron chi connectivity index (χ2n) is 8.29. The summed E-state index contributed by atoms with van der Waals surface area (Å²) in [5, 5.41) is 7.31. The van der Waals surface area contributed by atoms with Crippen molar-refractivity contribution in [3.05, 3.63) is 11.8 Å². The summed E-state index contributed by atoms with van der Waals surface area (Å²) in [7, 11) is 0. The normalized spacial score (nSPS) is 28.7. The Labute approximate surface area is 168 Å². The molecule has 0 aromatic carbocycles. The van der Waals surface area contributed by atoms with Crippen LogP contribution in [-0.2, 0) is 9.53 Å². The smallest absolute Gasteiger partial charge is 0.379 e. The lowest BCUT2D eigenvalue weighted by molar-refractivity contribution is -0.175. The summed E-state index contributed by atoms with van der Waals surface area (Å²) >= 11 is 0. The number of carbonyl (C=O) groups is 1. The number of hydrogen-bond acceptors (Lipinski definition) is 5. The van der Waals surface area contributed by atoms with Crippen LogP contribution in [0.5, 0.6) is 0 Å². The lowest BCUT2D eigenvalue weighted by Crippen LogP contribution is -2.51. The standard InChI is InChI=1S/C19H28F3N5O2/c1-13-9-17-23-15(10-16(19(20,21)22)27(17)24-13)14-3-2-4-26(11-14)18(28)12-25-5-7-29-8-6-25/h9,14-16,23H,2-8,10-12H2,1H3/t14?,15-,16+/m0/s1. The number of fused-ring (bicyclic) bond motifs is 1. The number of hydrogen-bond donors (Lipinski definition) is 1. The van der Waals surface area contributed by atoms with Gasteiger partial charge in [0.25, 0.3) is 0 Å². The highest BCUT2D eigenvalue weighted by molar-refractivity contribution is 5.78. The quantitative estimate of drug-likeness (QED) is 0.819. The molecule has 162 valence electrons. The Kier molecular flexibility index (Phi) is 5.74. The molecule has 29 heavy (non-hydrogen) atoms. The molecule has 2 fully saturated rings. The number of piperidine rings is 1. The van der Waals surface area contributed by atoms with Gasteiger partial charge in [0.15, 0.2) is 6.04 Å². The molecule has 3 atom stereocenters. The Hall–Kier alpha value is -1.81. The molecule has 0 spiro atoms. The van der Waals surface area contributed by atoms with Gasteiger partial charge in [-0.2, -0.15) is 18.3 Å². The maximum atomic E-state index is 13.7. The van der Waals surface area contributed by atoms with Crippen LogP contribution in [0, 0.1) is 12.8 Å². The first kappa shape index (κ1) is 20.5. The summed E-state index contributed by atoms with van der Waals surface area (Å²) in [6, 6.07) is -0.296. The molecule has 0 saturated carbocycles. The van der Waals surface area contributed by atoms with E-state index in [1.165, 1.54) is 0 Å². The van der Waals surface area contributed by atoms with Crippen molar-refractivity contribution in [2.75, 3.05) is 51.3 Å². The fourth-order valence-electron chi connectivity index (χ4n) is 4.65. The van der Waals surface area contributed by atoms with Gasteiger partial charge in [0.1, 0.15) is 5.82 Å². The van der Waals surface area contributed by atoms with Gasteiger partial charge < -0.3 is 15.0 Å². The maximum absolute atomic E-state index is 13.7. The van der Waals surface area contributed by atoms with E-state index < -0.39 is 12.2 Å². The molecular formula is C19H28F3N5O2. The maximum Gasteiger partial charge on any atom is 0.410 e. The van der Waals surface area contributed by atoms with Crippen LogP contribution in [0.3, 0.4) is 0 Å². The third-order valence-corrected chi connectivity index (χ3v) is 6.18. The van der Waals surface area contributed by atoms with Crippen LogP contribution in [0.1, 0.15) is 31.0 Å². The molecule has 0 aliphatic carbocycles. The van der Waals surface area contributed by atoms with E-state index in [1.54, 1.807) is 13.0 Å². The van der Waals surface area contributed by atoms with Gasteiger partial charge in [-0.1, -0.05) is 0 Å². The van der Waals surface area contributed by atoms with Gasteiger partial charge >= 0.3 is 6.18 Å². The molecule has 4 heterocycles. The fraction of sp³-hybridized carbons (Fsp3) is 0.789. The number of amides is 1. The molecule has 7 nitrogen and oxygen atoms in total. The third-order valence-electron chi connectivity index (χ3n) is 6.18. The van der Waals surface area contributed by atoms with Gasteiger partial charge in [0.05, 0.1) is 25.5 Å². The van der Waals surface area contributed by atoms with Crippen molar-refractivity contribution in [3.8, 4) is 0 Å². The average Bonchev–Trinajstić information content (AvgIpc) is 3.07. The molecule has 3 aliphatic rings.